The van der Waals surface area contributed by atoms with Gasteiger partial charge in [-0.2, -0.15) is 0 Å². The Balaban J connectivity index is 0.00000128. The lowest BCUT2D eigenvalue weighted by atomic mass is 9.54. The van der Waals surface area contributed by atoms with E-state index in [-0.39, 0.29) is 36.2 Å². The number of piperazine rings is 1. The first-order chi connectivity index (χ1) is 13.6. The number of anilines is 1. The summed E-state index contributed by atoms with van der Waals surface area (Å²) < 4.78 is 19.5. The smallest absolute Gasteiger partial charge is 0.123 e. The number of rotatable bonds is 6. The zero-order chi connectivity index (χ0) is 19.1. The van der Waals surface area contributed by atoms with Gasteiger partial charge in [0, 0.05) is 38.4 Å². The molecule has 1 N–H and O–H groups in total. The van der Waals surface area contributed by atoms with Crippen LogP contribution in [0.25, 0.3) is 0 Å². The summed E-state index contributed by atoms with van der Waals surface area (Å²) in [6, 6.07) is 6.73. The fourth-order valence-corrected chi connectivity index (χ4v) is 6.67. The molecule has 170 valence electrons. The third kappa shape index (κ3) is 5.24. The number of hydrogen-bond donors (Lipinski definition) is 1. The molecule has 0 amide bonds. The van der Waals surface area contributed by atoms with Crippen molar-refractivity contribution in [3.05, 3.63) is 30.1 Å². The minimum absolute atomic E-state index is 0. The van der Waals surface area contributed by atoms with Crippen LogP contribution in [0.2, 0.25) is 0 Å². The summed E-state index contributed by atoms with van der Waals surface area (Å²) >= 11 is 0. The number of halogens is 3. The third-order valence-corrected chi connectivity index (χ3v) is 7.60. The molecule has 6 rings (SSSR count). The second kappa shape index (κ2) is 9.91. The van der Waals surface area contributed by atoms with Crippen molar-refractivity contribution in [2.45, 2.75) is 50.2 Å². The van der Waals surface area contributed by atoms with E-state index in [1.807, 2.05) is 12.1 Å². The topological polar surface area (TPSA) is 35.9 Å². The summed E-state index contributed by atoms with van der Waals surface area (Å²) in [6.45, 7) is 4.83. The maximum Gasteiger partial charge on any atom is 0.123 e. The lowest BCUT2D eigenvalue weighted by Gasteiger charge is -2.56. The van der Waals surface area contributed by atoms with E-state index in [1.54, 1.807) is 0 Å². The number of nitrogens with zero attached hydrogens (tertiary/aromatic N) is 2. The second-order valence-electron chi connectivity index (χ2n) is 9.83. The third-order valence-electron chi connectivity index (χ3n) is 7.60. The van der Waals surface area contributed by atoms with E-state index in [2.05, 4.69) is 9.80 Å². The summed E-state index contributed by atoms with van der Waals surface area (Å²) in [5.41, 5.74) is 1.16. The molecule has 4 bridgehead atoms. The maximum atomic E-state index is 13.1. The van der Waals surface area contributed by atoms with Crippen molar-refractivity contribution in [3.8, 4) is 0 Å². The summed E-state index contributed by atoms with van der Waals surface area (Å²) in [5, 5.41) is 10.6. The summed E-state index contributed by atoms with van der Waals surface area (Å²) in [4.78, 5) is 4.61. The highest BCUT2D eigenvalue weighted by Gasteiger charge is 2.51. The van der Waals surface area contributed by atoms with Gasteiger partial charge in [0.05, 0.1) is 18.3 Å². The van der Waals surface area contributed by atoms with Crippen molar-refractivity contribution in [1.82, 2.24) is 4.90 Å². The molecular formula is C23H35Cl2FN2O2. The van der Waals surface area contributed by atoms with Crippen LogP contribution in [0.1, 0.15) is 38.5 Å². The van der Waals surface area contributed by atoms with E-state index in [4.69, 9.17) is 4.74 Å². The van der Waals surface area contributed by atoms with Crippen LogP contribution in [-0.2, 0) is 4.74 Å². The van der Waals surface area contributed by atoms with E-state index >= 15 is 0 Å². The van der Waals surface area contributed by atoms with Gasteiger partial charge in [0.15, 0.2) is 0 Å². The molecule has 1 aromatic rings. The molecule has 5 fully saturated rings. The zero-order valence-corrected chi connectivity index (χ0v) is 19.2. The van der Waals surface area contributed by atoms with Crippen LogP contribution in [0, 0.1) is 23.6 Å². The quantitative estimate of drug-likeness (QED) is 0.691. The Morgan fingerprint density at radius 3 is 2.00 bits per heavy atom. The molecule has 0 radical (unpaired) electrons. The number of ether oxygens (including phenoxy) is 1. The van der Waals surface area contributed by atoms with E-state index < -0.39 is 6.10 Å². The minimum Gasteiger partial charge on any atom is -0.389 e. The lowest BCUT2D eigenvalue weighted by molar-refractivity contribution is -0.176. The molecule has 1 aromatic carbocycles. The first kappa shape index (κ1) is 24.1. The Morgan fingerprint density at radius 1 is 0.933 bits per heavy atom. The molecule has 1 atom stereocenters. The molecule has 4 nitrogen and oxygen atoms in total. The monoisotopic (exact) mass is 460 g/mol. The van der Waals surface area contributed by atoms with Crippen molar-refractivity contribution < 1.29 is 14.2 Å². The van der Waals surface area contributed by atoms with Gasteiger partial charge in [-0.25, -0.2) is 4.39 Å². The van der Waals surface area contributed by atoms with Crippen LogP contribution in [0.15, 0.2) is 24.3 Å². The van der Waals surface area contributed by atoms with Gasteiger partial charge in [-0.15, -0.1) is 24.8 Å². The predicted octanol–water partition coefficient (Wildman–Crippen LogP) is 4.14. The summed E-state index contributed by atoms with van der Waals surface area (Å²) in [7, 11) is 0. The maximum absolute atomic E-state index is 13.1. The largest absolute Gasteiger partial charge is 0.389 e. The highest BCUT2D eigenvalue weighted by Crippen LogP contribution is 2.57. The predicted molar refractivity (Wildman–Crippen MR) is 122 cm³/mol. The summed E-state index contributed by atoms with van der Waals surface area (Å²) in [6.07, 6.45) is 7.52. The van der Waals surface area contributed by atoms with E-state index in [9.17, 15) is 9.50 Å². The fourth-order valence-electron chi connectivity index (χ4n) is 6.67. The van der Waals surface area contributed by atoms with E-state index in [0.29, 0.717) is 13.2 Å². The Bertz CT molecular complexity index is 647. The van der Waals surface area contributed by atoms with Gasteiger partial charge in [0.25, 0.3) is 0 Å². The van der Waals surface area contributed by atoms with Crippen LogP contribution in [0.3, 0.4) is 0 Å². The number of β-amino-alcohol motifs (C(OH)–C–C–N with tert-alkyl or cyclic N) is 1. The van der Waals surface area contributed by atoms with Crippen LogP contribution in [-0.4, -0.2) is 61.0 Å². The number of benzene rings is 1. The number of aliphatic hydroxyl groups excluding tert-OH is 1. The van der Waals surface area contributed by atoms with Crippen molar-refractivity contribution >= 4 is 30.5 Å². The van der Waals surface area contributed by atoms with Crippen molar-refractivity contribution in [2.75, 3.05) is 44.2 Å². The molecule has 1 heterocycles. The fraction of sp³-hybridized carbons (Fsp3) is 0.739. The average Bonchev–Trinajstić information content (AvgIpc) is 2.67. The Morgan fingerprint density at radius 2 is 1.47 bits per heavy atom. The molecule has 1 aliphatic heterocycles. The highest BCUT2D eigenvalue weighted by atomic mass is 35.5. The molecule has 7 heteroatoms. The van der Waals surface area contributed by atoms with Crippen molar-refractivity contribution in [1.29, 1.82) is 0 Å². The van der Waals surface area contributed by atoms with Gasteiger partial charge < -0.3 is 14.7 Å². The SMILES string of the molecule is Cl.Cl.OC(COC12CC3CC(CC(C3)C1)C2)CN1CCN(c2ccc(F)cc2)CC1. The Hall–Kier alpha value is -0.590. The highest BCUT2D eigenvalue weighted by molar-refractivity contribution is 5.85. The molecule has 4 saturated carbocycles. The molecule has 1 unspecified atom stereocenters. The minimum atomic E-state index is -0.412. The van der Waals surface area contributed by atoms with Crippen LogP contribution in [0.5, 0.6) is 0 Å². The lowest BCUT2D eigenvalue weighted by Crippen LogP contribution is -2.53. The van der Waals surface area contributed by atoms with Crippen molar-refractivity contribution in [3.63, 3.8) is 0 Å². The molecule has 5 aliphatic rings. The Kier molecular flexibility index (Phi) is 7.95. The zero-order valence-electron chi connectivity index (χ0n) is 17.5. The van der Waals surface area contributed by atoms with E-state index in [1.165, 1.54) is 50.7 Å². The van der Waals surface area contributed by atoms with Crippen LogP contribution >= 0.6 is 24.8 Å². The first-order valence-electron chi connectivity index (χ1n) is 11.1. The van der Waals surface area contributed by atoms with E-state index in [0.717, 1.165) is 49.6 Å². The molecule has 4 aliphatic carbocycles. The molecule has 1 saturated heterocycles. The second-order valence-corrected chi connectivity index (χ2v) is 9.83. The van der Waals surface area contributed by atoms with Gasteiger partial charge >= 0.3 is 0 Å². The number of hydrogen-bond acceptors (Lipinski definition) is 4. The number of aliphatic hydroxyl groups is 1. The standard InChI is InChI=1S/C23H33FN2O2.2ClH/c24-20-1-3-21(4-2-20)26-7-5-25(6-8-26)15-22(27)16-28-23-12-17-9-18(13-23)11-19(10-17)14-23;;/h1-4,17-19,22,27H,5-16H2;2*1H. The van der Waals surface area contributed by atoms with Gasteiger partial charge in [0.1, 0.15) is 5.82 Å². The average molecular weight is 461 g/mol. The summed E-state index contributed by atoms with van der Waals surface area (Å²) in [5.74, 6) is 2.44. The van der Waals surface area contributed by atoms with Gasteiger partial charge in [0.2, 0.25) is 0 Å². The van der Waals surface area contributed by atoms with Crippen LogP contribution in [0.4, 0.5) is 10.1 Å². The Labute approximate surface area is 192 Å². The molecule has 0 aromatic heterocycles. The molecule has 30 heavy (non-hydrogen) atoms. The van der Waals surface area contributed by atoms with Gasteiger partial charge in [-0.1, -0.05) is 0 Å². The van der Waals surface area contributed by atoms with Crippen LogP contribution < -0.4 is 4.90 Å². The van der Waals surface area contributed by atoms with Gasteiger partial charge in [-0.3, -0.25) is 4.90 Å². The first-order valence-corrected chi connectivity index (χ1v) is 11.1. The normalized spacial score (nSPS) is 33.7. The van der Waals surface area contributed by atoms with Gasteiger partial charge in [-0.05, 0) is 80.5 Å². The van der Waals surface area contributed by atoms with Crippen molar-refractivity contribution in [2.24, 2.45) is 17.8 Å². The molecular weight excluding hydrogens is 426 g/mol. The molecule has 0 spiro atoms.